The van der Waals surface area contributed by atoms with Gasteiger partial charge in [0, 0.05) is 34.0 Å². The molecule has 5 aromatic rings. The second kappa shape index (κ2) is 8.78. The van der Waals surface area contributed by atoms with Crippen LogP contribution in [0.5, 0.6) is 11.5 Å². The first-order valence-electron chi connectivity index (χ1n) is 10.7. The van der Waals surface area contributed by atoms with Gasteiger partial charge in [-0.1, -0.05) is 36.4 Å². The van der Waals surface area contributed by atoms with Crippen molar-refractivity contribution < 1.29 is 35.8 Å². The van der Waals surface area contributed by atoms with Gasteiger partial charge in [0.1, 0.15) is 23.1 Å². The largest absolute Gasteiger partial charge is 0.497 e. The minimum absolute atomic E-state index is 0.0247. The lowest BCUT2D eigenvalue weighted by molar-refractivity contribution is 0.407. The van der Waals surface area contributed by atoms with E-state index in [-0.39, 0.29) is 22.1 Å². The van der Waals surface area contributed by atoms with Gasteiger partial charge in [0.2, 0.25) is 0 Å². The molecule has 0 saturated carbocycles. The van der Waals surface area contributed by atoms with Crippen molar-refractivity contribution in [2.45, 2.75) is 0 Å². The van der Waals surface area contributed by atoms with Crippen molar-refractivity contribution in [3.05, 3.63) is 95.6 Å². The summed E-state index contributed by atoms with van der Waals surface area (Å²) in [6, 6.07) is 14.0. The van der Waals surface area contributed by atoms with Gasteiger partial charge in [-0.25, -0.2) is 26.3 Å². The lowest BCUT2D eigenvalue weighted by Gasteiger charge is -2.20. The standard InChI is InChI=1S/C28H16F6O2/c1-35-14-9-7-13(8-10-14)20-16-5-3-4-6-17(16)21(22-18(29)11-15(36-2)12-19(22)30)24-23(20)25(31)27(33)28(34)26(24)32/h3-12H,1-2H3. The minimum atomic E-state index is -2.09. The van der Waals surface area contributed by atoms with E-state index < -0.39 is 56.8 Å². The Bertz CT molecular complexity index is 1640. The summed E-state index contributed by atoms with van der Waals surface area (Å²) in [7, 11) is 2.65. The van der Waals surface area contributed by atoms with Crippen LogP contribution in [0.1, 0.15) is 0 Å². The molecule has 36 heavy (non-hydrogen) atoms. The van der Waals surface area contributed by atoms with Crippen molar-refractivity contribution in [3.8, 4) is 33.8 Å². The predicted molar refractivity (Wildman–Crippen MR) is 125 cm³/mol. The first-order valence-corrected chi connectivity index (χ1v) is 10.7. The number of fused-ring (bicyclic) bond motifs is 2. The number of methoxy groups -OCH3 is 2. The van der Waals surface area contributed by atoms with E-state index in [9.17, 15) is 8.78 Å². The van der Waals surface area contributed by atoms with Gasteiger partial charge < -0.3 is 9.47 Å². The van der Waals surface area contributed by atoms with Crippen LogP contribution in [-0.2, 0) is 0 Å². The van der Waals surface area contributed by atoms with Crippen LogP contribution < -0.4 is 9.47 Å². The Morgan fingerprint density at radius 2 is 0.972 bits per heavy atom. The van der Waals surface area contributed by atoms with Gasteiger partial charge in [0.15, 0.2) is 23.3 Å². The van der Waals surface area contributed by atoms with Crippen LogP contribution in [-0.4, -0.2) is 14.2 Å². The van der Waals surface area contributed by atoms with Crippen LogP contribution >= 0.6 is 0 Å². The Morgan fingerprint density at radius 3 is 1.47 bits per heavy atom. The zero-order valence-electron chi connectivity index (χ0n) is 18.9. The Morgan fingerprint density at radius 1 is 0.500 bits per heavy atom. The van der Waals surface area contributed by atoms with E-state index in [1.807, 2.05) is 0 Å². The second-order valence-corrected chi connectivity index (χ2v) is 8.00. The molecule has 0 aromatic heterocycles. The fourth-order valence-electron chi connectivity index (χ4n) is 4.51. The predicted octanol–water partition coefficient (Wildman–Crippen LogP) is 8.18. The Kier molecular flexibility index (Phi) is 5.74. The summed E-state index contributed by atoms with van der Waals surface area (Å²) in [6.07, 6.45) is 0. The molecule has 0 radical (unpaired) electrons. The maximum absolute atomic E-state index is 15.5. The van der Waals surface area contributed by atoms with Crippen LogP contribution in [0.4, 0.5) is 26.3 Å². The van der Waals surface area contributed by atoms with Crippen molar-refractivity contribution in [1.29, 1.82) is 0 Å². The fraction of sp³-hybridized carbons (Fsp3) is 0.0714. The molecule has 5 aromatic carbocycles. The average molecular weight is 498 g/mol. The molecule has 0 aliphatic rings. The minimum Gasteiger partial charge on any atom is -0.497 e. The van der Waals surface area contributed by atoms with E-state index >= 15 is 17.6 Å². The molecular weight excluding hydrogens is 482 g/mol. The highest BCUT2D eigenvalue weighted by molar-refractivity contribution is 6.21. The van der Waals surface area contributed by atoms with E-state index in [1.54, 1.807) is 18.2 Å². The molecule has 0 amide bonds. The van der Waals surface area contributed by atoms with Gasteiger partial charge in [-0.15, -0.1) is 0 Å². The third-order valence-electron chi connectivity index (χ3n) is 6.11. The molecule has 0 aliphatic carbocycles. The molecule has 0 fully saturated rings. The molecule has 0 spiro atoms. The second-order valence-electron chi connectivity index (χ2n) is 8.00. The molecule has 0 heterocycles. The lowest BCUT2D eigenvalue weighted by Crippen LogP contribution is -2.04. The Balaban J connectivity index is 2.07. The van der Waals surface area contributed by atoms with Gasteiger partial charge in [-0.2, -0.15) is 0 Å². The number of hydrogen-bond donors (Lipinski definition) is 0. The number of rotatable bonds is 4. The number of halogens is 6. The number of benzene rings is 5. The molecule has 0 bridgehead atoms. The third kappa shape index (κ3) is 3.44. The molecule has 2 nitrogen and oxygen atoms in total. The quantitative estimate of drug-likeness (QED) is 0.108. The van der Waals surface area contributed by atoms with Gasteiger partial charge in [-0.05, 0) is 28.5 Å². The van der Waals surface area contributed by atoms with Gasteiger partial charge in [-0.3, -0.25) is 0 Å². The first-order chi connectivity index (χ1) is 17.3. The Labute approximate surface area is 201 Å². The summed E-state index contributed by atoms with van der Waals surface area (Å²) in [5.74, 6) is -9.57. The summed E-state index contributed by atoms with van der Waals surface area (Å²) >= 11 is 0. The van der Waals surface area contributed by atoms with Crippen LogP contribution in [0.2, 0.25) is 0 Å². The molecule has 5 rings (SSSR count). The summed E-state index contributed by atoms with van der Waals surface area (Å²) in [4.78, 5) is 0. The van der Waals surface area contributed by atoms with Crippen molar-refractivity contribution >= 4 is 21.5 Å². The van der Waals surface area contributed by atoms with E-state index in [1.165, 1.54) is 44.6 Å². The molecule has 0 N–H and O–H groups in total. The maximum atomic E-state index is 15.5. The molecule has 182 valence electrons. The smallest absolute Gasteiger partial charge is 0.198 e. The summed E-state index contributed by atoms with van der Waals surface area (Å²) in [5.41, 5.74) is -0.839. The van der Waals surface area contributed by atoms with E-state index in [4.69, 9.17) is 9.47 Å². The third-order valence-corrected chi connectivity index (χ3v) is 6.11. The van der Waals surface area contributed by atoms with Gasteiger partial charge in [0.25, 0.3) is 0 Å². The van der Waals surface area contributed by atoms with Crippen LogP contribution in [0.15, 0.2) is 60.7 Å². The van der Waals surface area contributed by atoms with E-state index in [0.29, 0.717) is 11.3 Å². The van der Waals surface area contributed by atoms with Crippen molar-refractivity contribution in [2.24, 2.45) is 0 Å². The zero-order valence-corrected chi connectivity index (χ0v) is 18.9. The molecule has 8 heteroatoms. The summed E-state index contributed by atoms with van der Waals surface area (Å²) < 4.78 is 101. The van der Waals surface area contributed by atoms with Crippen LogP contribution in [0, 0.1) is 34.9 Å². The normalized spacial score (nSPS) is 11.3. The molecular formula is C28H16F6O2. The van der Waals surface area contributed by atoms with Gasteiger partial charge in [0.05, 0.1) is 19.8 Å². The highest BCUT2D eigenvalue weighted by Crippen LogP contribution is 2.48. The molecule has 0 saturated heterocycles. The van der Waals surface area contributed by atoms with E-state index in [0.717, 1.165) is 12.1 Å². The summed E-state index contributed by atoms with van der Waals surface area (Å²) in [6.45, 7) is 0. The van der Waals surface area contributed by atoms with Crippen LogP contribution in [0.3, 0.4) is 0 Å². The SMILES string of the molecule is COc1ccc(-c2c3ccccc3c(-c3c(F)cc(OC)cc3F)c3c(F)c(F)c(F)c(F)c23)cc1. The molecule has 0 aliphatic heterocycles. The fourth-order valence-corrected chi connectivity index (χ4v) is 4.51. The highest BCUT2D eigenvalue weighted by Gasteiger charge is 2.30. The average Bonchev–Trinajstić information content (AvgIpc) is 2.89. The van der Waals surface area contributed by atoms with Gasteiger partial charge >= 0.3 is 0 Å². The monoisotopic (exact) mass is 498 g/mol. The zero-order chi connectivity index (χ0) is 25.7. The number of hydrogen-bond acceptors (Lipinski definition) is 2. The molecule has 0 unspecified atom stereocenters. The number of ether oxygens (including phenoxy) is 2. The van der Waals surface area contributed by atoms with Crippen LogP contribution in [0.25, 0.3) is 43.8 Å². The highest BCUT2D eigenvalue weighted by atomic mass is 19.2. The summed E-state index contributed by atoms with van der Waals surface area (Å²) in [5, 5.41) is -1.11. The Hall–Kier alpha value is -4.20. The first kappa shape index (κ1) is 23.5. The van der Waals surface area contributed by atoms with E-state index in [2.05, 4.69) is 0 Å². The topological polar surface area (TPSA) is 18.5 Å². The molecule has 0 atom stereocenters. The maximum Gasteiger partial charge on any atom is 0.198 e. The van der Waals surface area contributed by atoms with Crippen molar-refractivity contribution in [2.75, 3.05) is 14.2 Å². The van der Waals surface area contributed by atoms with Crippen molar-refractivity contribution in [1.82, 2.24) is 0 Å². The lowest BCUT2D eigenvalue weighted by atomic mass is 9.85. The van der Waals surface area contributed by atoms with Crippen molar-refractivity contribution in [3.63, 3.8) is 0 Å².